The Labute approximate surface area is 193 Å². The third-order valence-electron chi connectivity index (χ3n) is 4.31. The van der Waals surface area contributed by atoms with Crippen molar-refractivity contribution in [2.24, 2.45) is 22.9 Å². The molecule has 3 unspecified atom stereocenters. The molecule has 33 heavy (non-hydrogen) atoms. The first-order valence-corrected chi connectivity index (χ1v) is 10.6. The monoisotopic (exact) mass is 477 g/mol. The van der Waals surface area contributed by atoms with Crippen molar-refractivity contribution in [3.63, 3.8) is 0 Å². The van der Waals surface area contributed by atoms with E-state index in [0.717, 1.165) is 7.11 Å². The molecular formula is C19H39N7O7. The molecular weight excluding hydrogens is 438 g/mol. The van der Waals surface area contributed by atoms with E-state index in [9.17, 15) is 24.0 Å². The summed E-state index contributed by atoms with van der Waals surface area (Å²) in [5, 5.41) is 22.7. The number of nitrogens with two attached hydrogens (primary N) is 4. The lowest BCUT2D eigenvalue weighted by molar-refractivity contribution is -0.137. The number of carboxylic acid groups (broad SMARTS) is 1. The Morgan fingerprint density at radius 3 is 1.79 bits per heavy atom. The smallest absolute Gasteiger partial charge is 0.305 e. The zero-order valence-corrected chi connectivity index (χ0v) is 19.0. The second kappa shape index (κ2) is 20.0. The summed E-state index contributed by atoms with van der Waals surface area (Å²) in [6.45, 7) is 0.558. The molecule has 0 spiro atoms. The maximum absolute atomic E-state index is 12.3. The lowest BCUT2D eigenvalue weighted by atomic mass is 10.1. The topological polar surface area (TPSA) is 266 Å². The number of rotatable bonds is 16. The van der Waals surface area contributed by atoms with E-state index in [2.05, 4.69) is 16.0 Å². The van der Waals surface area contributed by atoms with E-state index < -0.39 is 47.7 Å². The van der Waals surface area contributed by atoms with Crippen molar-refractivity contribution in [3.8, 4) is 0 Å². The molecule has 0 aliphatic rings. The van der Waals surface area contributed by atoms with Crippen LogP contribution < -0.4 is 38.9 Å². The lowest BCUT2D eigenvalue weighted by Gasteiger charge is -2.20. The molecule has 0 aliphatic heterocycles. The average molecular weight is 478 g/mol. The van der Waals surface area contributed by atoms with E-state index in [1.807, 2.05) is 0 Å². The van der Waals surface area contributed by atoms with Gasteiger partial charge in [0.2, 0.25) is 23.6 Å². The van der Waals surface area contributed by atoms with Crippen LogP contribution in [-0.2, 0) is 24.0 Å². The molecule has 0 heterocycles. The number of imide groups is 1. The normalized spacial score (nSPS) is 12.9. The molecule has 0 bridgehead atoms. The van der Waals surface area contributed by atoms with Crippen molar-refractivity contribution < 1.29 is 34.2 Å². The lowest BCUT2D eigenvalue weighted by Crippen LogP contribution is -2.52. The van der Waals surface area contributed by atoms with Gasteiger partial charge in [-0.3, -0.25) is 29.3 Å². The number of carboxylic acids is 1. The molecule has 0 fully saturated rings. The first-order valence-electron chi connectivity index (χ1n) is 10.6. The summed E-state index contributed by atoms with van der Waals surface area (Å²) in [5.41, 5.74) is 22.2. The van der Waals surface area contributed by atoms with Crippen LogP contribution in [0.3, 0.4) is 0 Å². The Balaban J connectivity index is 0. The Bertz CT molecular complexity index is 619. The molecule has 14 nitrogen and oxygen atoms in total. The van der Waals surface area contributed by atoms with Crippen LogP contribution in [0.25, 0.3) is 0 Å². The number of hydrogen-bond donors (Lipinski definition) is 9. The first-order chi connectivity index (χ1) is 15.6. The van der Waals surface area contributed by atoms with E-state index in [0.29, 0.717) is 38.8 Å². The molecule has 0 radical (unpaired) electrons. The van der Waals surface area contributed by atoms with Crippen LogP contribution in [0.5, 0.6) is 0 Å². The molecule has 13 N–H and O–H groups in total. The number of hydrogen-bond acceptors (Lipinski definition) is 10. The van der Waals surface area contributed by atoms with Gasteiger partial charge in [-0.25, -0.2) is 0 Å². The maximum atomic E-state index is 12.3. The fourth-order valence-corrected chi connectivity index (χ4v) is 2.47. The molecule has 0 aromatic carbocycles. The summed E-state index contributed by atoms with van der Waals surface area (Å²) in [6.07, 6.45) is 0.970. The van der Waals surface area contributed by atoms with Gasteiger partial charge >= 0.3 is 5.97 Å². The van der Waals surface area contributed by atoms with Crippen molar-refractivity contribution in [1.82, 2.24) is 16.0 Å². The minimum absolute atomic E-state index is 0.134. The van der Waals surface area contributed by atoms with Gasteiger partial charge in [0.15, 0.2) is 0 Å². The molecule has 192 valence electrons. The number of amides is 4. The van der Waals surface area contributed by atoms with Crippen molar-refractivity contribution in [2.45, 2.75) is 63.1 Å². The molecule has 0 aromatic heterocycles. The van der Waals surface area contributed by atoms with Crippen LogP contribution in [-0.4, -0.2) is 84.7 Å². The van der Waals surface area contributed by atoms with Crippen molar-refractivity contribution in [3.05, 3.63) is 0 Å². The Morgan fingerprint density at radius 1 is 0.788 bits per heavy atom. The highest BCUT2D eigenvalue weighted by molar-refractivity contribution is 5.98. The summed E-state index contributed by atoms with van der Waals surface area (Å²) in [7, 11) is 1.00. The molecule has 3 atom stereocenters. The molecule has 0 saturated heterocycles. The van der Waals surface area contributed by atoms with Gasteiger partial charge in [-0.2, -0.15) is 0 Å². The summed E-state index contributed by atoms with van der Waals surface area (Å²) >= 11 is 0. The van der Waals surface area contributed by atoms with Gasteiger partial charge in [0, 0.05) is 20.1 Å². The van der Waals surface area contributed by atoms with E-state index >= 15 is 0 Å². The minimum atomic E-state index is -1.14. The van der Waals surface area contributed by atoms with Gasteiger partial charge in [-0.1, -0.05) is 0 Å². The van der Waals surface area contributed by atoms with E-state index in [1.165, 1.54) is 0 Å². The van der Waals surface area contributed by atoms with Crippen LogP contribution in [0, 0.1) is 0 Å². The number of nitrogens with one attached hydrogen (secondary N) is 3. The summed E-state index contributed by atoms with van der Waals surface area (Å²) in [5.74, 6) is -3.70. The standard InChI is InChI=1S/C18H35N7O6.CH4O/c19-8-1-3-11(21)16(29)24-13(18(31)23-10-7-15(27)28)5-6-14(26)25-17(30)12(22)4-2-9-20;1-2/h11-13H,1-10,19-22H2,(H,23,31)(H,24,29)(H,27,28)(H,25,26,30);2H,1H3. The van der Waals surface area contributed by atoms with Crippen LogP contribution in [0.15, 0.2) is 0 Å². The molecule has 0 rings (SSSR count). The molecule has 0 aliphatic carbocycles. The highest BCUT2D eigenvalue weighted by Crippen LogP contribution is 2.02. The van der Waals surface area contributed by atoms with Gasteiger partial charge in [0.05, 0.1) is 18.5 Å². The highest BCUT2D eigenvalue weighted by atomic mass is 16.4. The number of aliphatic hydroxyl groups is 1. The second-order valence-electron chi connectivity index (χ2n) is 7.02. The average Bonchev–Trinajstić information content (AvgIpc) is 2.79. The van der Waals surface area contributed by atoms with Crippen LogP contribution >= 0.6 is 0 Å². The number of aliphatic carboxylic acids is 1. The first kappa shape index (κ1) is 32.5. The van der Waals surface area contributed by atoms with Crippen molar-refractivity contribution in [2.75, 3.05) is 26.7 Å². The van der Waals surface area contributed by atoms with Gasteiger partial charge in [-0.15, -0.1) is 0 Å². The predicted octanol–water partition coefficient (Wildman–Crippen LogP) is -3.77. The van der Waals surface area contributed by atoms with E-state index in [-0.39, 0.29) is 25.8 Å². The Hall–Kier alpha value is -2.65. The van der Waals surface area contributed by atoms with E-state index in [1.54, 1.807) is 0 Å². The van der Waals surface area contributed by atoms with Gasteiger partial charge in [-0.05, 0) is 45.2 Å². The minimum Gasteiger partial charge on any atom is -0.481 e. The van der Waals surface area contributed by atoms with Crippen molar-refractivity contribution >= 4 is 29.6 Å². The molecule has 4 amide bonds. The second-order valence-corrected chi connectivity index (χ2v) is 7.02. The summed E-state index contributed by atoms with van der Waals surface area (Å²) < 4.78 is 0. The van der Waals surface area contributed by atoms with E-state index in [4.69, 9.17) is 33.1 Å². The summed E-state index contributed by atoms with van der Waals surface area (Å²) in [6, 6.07) is -2.92. The van der Waals surface area contributed by atoms with Gasteiger partial charge in [0.25, 0.3) is 0 Å². The zero-order chi connectivity index (χ0) is 25.8. The van der Waals surface area contributed by atoms with Crippen molar-refractivity contribution in [1.29, 1.82) is 0 Å². The fourth-order valence-electron chi connectivity index (χ4n) is 2.47. The third kappa shape index (κ3) is 16.6. The number of carbonyl (C=O) groups is 5. The Kier molecular flexibility index (Phi) is 19.7. The molecule has 0 aromatic rings. The Morgan fingerprint density at radius 2 is 1.30 bits per heavy atom. The van der Waals surface area contributed by atoms with Gasteiger partial charge in [0.1, 0.15) is 6.04 Å². The fraction of sp³-hybridized carbons (Fsp3) is 0.737. The summed E-state index contributed by atoms with van der Waals surface area (Å²) in [4.78, 5) is 59.1. The molecule has 14 heteroatoms. The van der Waals surface area contributed by atoms with Crippen LogP contribution in [0.2, 0.25) is 0 Å². The quantitative estimate of drug-likeness (QED) is 0.104. The SMILES string of the molecule is CO.NCCCC(N)C(=O)NC(=O)CCC(NC(=O)C(N)CCCN)C(=O)NCCC(=O)O. The van der Waals surface area contributed by atoms with Crippen LogP contribution in [0.1, 0.15) is 44.9 Å². The number of carbonyl (C=O) groups excluding carboxylic acids is 4. The van der Waals surface area contributed by atoms with Crippen LogP contribution in [0.4, 0.5) is 0 Å². The highest BCUT2D eigenvalue weighted by Gasteiger charge is 2.25. The maximum Gasteiger partial charge on any atom is 0.305 e. The largest absolute Gasteiger partial charge is 0.481 e. The third-order valence-corrected chi connectivity index (χ3v) is 4.31. The molecule has 0 saturated carbocycles. The number of aliphatic hydroxyl groups excluding tert-OH is 1. The zero-order valence-electron chi connectivity index (χ0n) is 19.0. The van der Waals surface area contributed by atoms with Gasteiger partial charge < -0.3 is 43.8 Å². The predicted molar refractivity (Wildman–Crippen MR) is 120 cm³/mol.